The molecule has 3 unspecified atom stereocenters. The lowest BCUT2D eigenvalue weighted by Gasteiger charge is -2.40. The molecule has 5 nitrogen and oxygen atoms in total. The highest BCUT2D eigenvalue weighted by atomic mass is 16.4. The van der Waals surface area contributed by atoms with Crippen molar-refractivity contribution in [1.82, 2.24) is 9.80 Å². The summed E-state index contributed by atoms with van der Waals surface area (Å²) < 4.78 is 0. The summed E-state index contributed by atoms with van der Waals surface area (Å²) in [6, 6.07) is -0.201. The molecule has 0 aromatic heterocycles. The average Bonchev–Trinajstić information content (AvgIpc) is 2.26. The van der Waals surface area contributed by atoms with E-state index in [1.807, 2.05) is 27.9 Å². The fourth-order valence-electron chi connectivity index (χ4n) is 2.90. The number of hydrogen-bond donors (Lipinski definition) is 1. The Morgan fingerprint density at radius 1 is 1.37 bits per heavy atom. The fourth-order valence-corrected chi connectivity index (χ4v) is 2.90. The van der Waals surface area contributed by atoms with Gasteiger partial charge < -0.3 is 14.9 Å². The van der Waals surface area contributed by atoms with E-state index in [2.05, 4.69) is 4.90 Å². The van der Waals surface area contributed by atoms with Crippen LogP contribution in [0, 0.1) is 11.8 Å². The molecule has 110 valence electrons. The SMILES string of the molecule is CC1CC(=O)N(CCCCN(C)C)C(C)C1C(=O)O. The van der Waals surface area contributed by atoms with Crippen molar-refractivity contribution in [1.29, 1.82) is 0 Å². The summed E-state index contributed by atoms with van der Waals surface area (Å²) in [6.45, 7) is 5.38. The Morgan fingerprint density at radius 2 is 2.00 bits per heavy atom. The first-order valence-corrected chi connectivity index (χ1v) is 7.01. The lowest BCUT2D eigenvalue weighted by Crippen LogP contribution is -2.53. The molecule has 1 aliphatic heterocycles. The normalized spacial score (nSPS) is 27.9. The second-order valence-electron chi connectivity index (χ2n) is 5.88. The summed E-state index contributed by atoms with van der Waals surface area (Å²) in [6.07, 6.45) is 2.31. The lowest BCUT2D eigenvalue weighted by atomic mass is 9.81. The number of carboxylic acids is 1. The Labute approximate surface area is 115 Å². The van der Waals surface area contributed by atoms with Gasteiger partial charge in [0.15, 0.2) is 0 Å². The number of unbranched alkanes of at least 4 members (excludes halogenated alkanes) is 1. The van der Waals surface area contributed by atoms with E-state index in [1.165, 1.54) is 0 Å². The van der Waals surface area contributed by atoms with Crippen LogP contribution in [0.4, 0.5) is 0 Å². The molecule has 1 fully saturated rings. The highest BCUT2D eigenvalue weighted by Gasteiger charge is 2.41. The highest BCUT2D eigenvalue weighted by molar-refractivity contribution is 5.81. The van der Waals surface area contributed by atoms with Crippen LogP contribution in [0.2, 0.25) is 0 Å². The van der Waals surface area contributed by atoms with E-state index >= 15 is 0 Å². The number of likely N-dealkylation sites (tertiary alicyclic amines) is 1. The van der Waals surface area contributed by atoms with Gasteiger partial charge >= 0.3 is 5.97 Å². The molecule has 1 heterocycles. The minimum absolute atomic E-state index is 0.0713. The molecule has 1 amide bonds. The molecule has 1 rings (SSSR count). The predicted octanol–water partition coefficient (Wildman–Crippen LogP) is 1.29. The molecular formula is C14H26N2O3. The van der Waals surface area contributed by atoms with Crippen LogP contribution >= 0.6 is 0 Å². The number of carbonyl (C=O) groups is 2. The largest absolute Gasteiger partial charge is 0.481 e. The summed E-state index contributed by atoms with van der Waals surface area (Å²) in [5, 5.41) is 9.28. The van der Waals surface area contributed by atoms with Crippen LogP contribution < -0.4 is 0 Å². The van der Waals surface area contributed by atoms with Crippen molar-refractivity contribution in [2.45, 2.75) is 39.2 Å². The zero-order valence-electron chi connectivity index (χ0n) is 12.4. The smallest absolute Gasteiger partial charge is 0.308 e. The van der Waals surface area contributed by atoms with Crippen LogP contribution in [0.3, 0.4) is 0 Å². The first kappa shape index (κ1) is 16.0. The van der Waals surface area contributed by atoms with Crippen molar-refractivity contribution in [3.63, 3.8) is 0 Å². The maximum atomic E-state index is 12.0. The van der Waals surface area contributed by atoms with Crippen LogP contribution in [0.15, 0.2) is 0 Å². The number of nitrogens with zero attached hydrogens (tertiary/aromatic N) is 2. The van der Waals surface area contributed by atoms with Crippen LogP contribution in [-0.4, -0.2) is 60.0 Å². The molecule has 0 bridgehead atoms. The fraction of sp³-hybridized carbons (Fsp3) is 0.857. The van der Waals surface area contributed by atoms with Gasteiger partial charge in [-0.15, -0.1) is 0 Å². The van der Waals surface area contributed by atoms with E-state index < -0.39 is 11.9 Å². The Balaban J connectivity index is 2.55. The van der Waals surface area contributed by atoms with Crippen LogP contribution in [0.1, 0.15) is 33.1 Å². The summed E-state index contributed by atoms with van der Waals surface area (Å²) in [4.78, 5) is 27.2. The number of rotatable bonds is 6. The minimum atomic E-state index is -0.786. The van der Waals surface area contributed by atoms with Crippen molar-refractivity contribution in [2.24, 2.45) is 11.8 Å². The molecule has 0 aliphatic carbocycles. The summed E-state index contributed by atoms with van der Waals surface area (Å²) in [5.41, 5.74) is 0. The second-order valence-corrected chi connectivity index (χ2v) is 5.88. The van der Waals surface area contributed by atoms with Crippen LogP contribution in [-0.2, 0) is 9.59 Å². The van der Waals surface area contributed by atoms with Crippen molar-refractivity contribution in [2.75, 3.05) is 27.2 Å². The van der Waals surface area contributed by atoms with Crippen molar-refractivity contribution in [3.8, 4) is 0 Å². The Bertz CT molecular complexity index is 331. The second kappa shape index (κ2) is 6.89. The lowest BCUT2D eigenvalue weighted by molar-refractivity contribution is -0.154. The summed E-state index contributed by atoms with van der Waals surface area (Å²) in [5.74, 6) is -1.20. The summed E-state index contributed by atoms with van der Waals surface area (Å²) >= 11 is 0. The van der Waals surface area contributed by atoms with Crippen LogP contribution in [0.5, 0.6) is 0 Å². The van der Waals surface area contributed by atoms with E-state index in [0.717, 1.165) is 19.4 Å². The van der Waals surface area contributed by atoms with E-state index in [0.29, 0.717) is 13.0 Å². The number of aliphatic carboxylic acids is 1. The number of piperidine rings is 1. The van der Waals surface area contributed by atoms with Gasteiger partial charge in [-0.1, -0.05) is 6.92 Å². The highest BCUT2D eigenvalue weighted by Crippen LogP contribution is 2.30. The molecule has 1 saturated heterocycles. The molecule has 19 heavy (non-hydrogen) atoms. The maximum Gasteiger partial charge on any atom is 0.308 e. The van der Waals surface area contributed by atoms with Gasteiger partial charge in [-0.3, -0.25) is 9.59 Å². The zero-order valence-corrected chi connectivity index (χ0v) is 12.4. The first-order chi connectivity index (χ1) is 8.84. The number of hydrogen-bond acceptors (Lipinski definition) is 3. The Hall–Kier alpha value is -1.10. The molecular weight excluding hydrogens is 244 g/mol. The molecule has 0 saturated carbocycles. The molecule has 1 N–H and O–H groups in total. The quantitative estimate of drug-likeness (QED) is 0.739. The Kier molecular flexibility index (Phi) is 5.79. The number of amides is 1. The maximum absolute atomic E-state index is 12.0. The van der Waals surface area contributed by atoms with E-state index in [1.54, 1.807) is 4.90 Å². The van der Waals surface area contributed by atoms with Crippen molar-refractivity contribution in [3.05, 3.63) is 0 Å². The summed E-state index contributed by atoms with van der Waals surface area (Å²) in [7, 11) is 4.05. The monoisotopic (exact) mass is 270 g/mol. The third kappa shape index (κ3) is 4.20. The van der Waals surface area contributed by atoms with E-state index in [9.17, 15) is 14.7 Å². The van der Waals surface area contributed by atoms with Gasteiger partial charge in [-0.2, -0.15) is 0 Å². The van der Waals surface area contributed by atoms with Crippen molar-refractivity contribution >= 4 is 11.9 Å². The van der Waals surface area contributed by atoms with Gasteiger partial charge in [0.05, 0.1) is 5.92 Å². The predicted molar refractivity (Wildman–Crippen MR) is 73.9 cm³/mol. The van der Waals surface area contributed by atoms with Gasteiger partial charge in [-0.05, 0) is 46.3 Å². The van der Waals surface area contributed by atoms with E-state index in [4.69, 9.17) is 0 Å². The van der Waals surface area contributed by atoms with Gasteiger partial charge in [0, 0.05) is 19.0 Å². The molecule has 3 atom stereocenters. The van der Waals surface area contributed by atoms with E-state index in [-0.39, 0.29) is 17.9 Å². The average molecular weight is 270 g/mol. The molecule has 0 aromatic carbocycles. The number of carbonyl (C=O) groups excluding carboxylic acids is 1. The standard InChI is InChI=1S/C14H26N2O3/c1-10-9-12(17)16(8-6-5-7-15(3)4)11(2)13(10)14(18)19/h10-11,13H,5-9H2,1-4H3,(H,18,19). The molecule has 0 spiro atoms. The third-order valence-electron chi connectivity index (χ3n) is 3.98. The third-order valence-corrected chi connectivity index (χ3v) is 3.98. The van der Waals surface area contributed by atoms with Crippen LogP contribution in [0.25, 0.3) is 0 Å². The Morgan fingerprint density at radius 3 is 2.53 bits per heavy atom. The van der Waals surface area contributed by atoms with Gasteiger partial charge in [0.1, 0.15) is 0 Å². The first-order valence-electron chi connectivity index (χ1n) is 7.01. The number of carboxylic acid groups (broad SMARTS) is 1. The van der Waals surface area contributed by atoms with Gasteiger partial charge in [0.25, 0.3) is 0 Å². The van der Waals surface area contributed by atoms with Gasteiger partial charge in [-0.25, -0.2) is 0 Å². The minimum Gasteiger partial charge on any atom is -0.481 e. The molecule has 5 heteroatoms. The zero-order chi connectivity index (χ0) is 14.6. The molecule has 0 aromatic rings. The van der Waals surface area contributed by atoms with Crippen molar-refractivity contribution < 1.29 is 14.7 Å². The molecule has 0 radical (unpaired) electrons. The molecule has 1 aliphatic rings. The van der Waals surface area contributed by atoms with Gasteiger partial charge in [0.2, 0.25) is 5.91 Å². The topological polar surface area (TPSA) is 60.9 Å².